The number of benzene rings is 2. The minimum Gasteiger partial charge on any atom is -0.391 e. The van der Waals surface area contributed by atoms with Crippen LogP contribution < -0.4 is 26.6 Å². The Bertz CT molecular complexity index is 1580. The lowest BCUT2D eigenvalue weighted by Crippen LogP contribution is -2.59. The van der Waals surface area contributed by atoms with Gasteiger partial charge in [-0.15, -0.1) is 0 Å². The standard InChI is InChI=1S/C35H44F2N6O7/c1-19(2)14-27-32(47)39-20(3)35(50)43-18-23(44)17-29(43)34(49)38-13-7-10-26(40-30(45)22-11-12-24(36)25(37)16-22)31(46)42-28(33(48)41-27)15-21-8-5-4-6-9-21/h4-6,8-9,11-12,16,19-20,23,26-29,44H,7,10,13-15,17-18H2,1-3H3,(H,38,49)(H,39,47)(H,40,45)(H,41,48)(H,42,46)/t20-,23+,26-,27-,28+,29-/m0/s1. The van der Waals surface area contributed by atoms with E-state index in [-0.39, 0.29) is 56.7 Å². The Morgan fingerprint density at radius 2 is 1.60 bits per heavy atom. The number of amides is 6. The number of rotatable bonds is 6. The van der Waals surface area contributed by atoms with E-state index < -0.39 is 83.4 Å². The summed E-state index contributed by atoms with van der Waals surface area (Å²) in [5, 5.41) is 23.6. The predicted octanol–water partition coefficient (Wildman–Crippen LogP) is 0.698. The highest BCUT2D eigenvalue weighted by Crippen LogP contribution is 2.20. The molecule has 0 unspecified atom stereocenters. The average molecular weight is 699 g/mol. The molecule has 0 aliphatic carbocycles. The first-order valence-electron chi connectivity index (χ1n) is 16.7. The molecule has 0 saturated carbocycles. The first-order chi connectivity index (χ1) is 23.7. The zero-order valence-electron chi connectivity index (χ0n) is 28.2. The van der Waals surface area contributed by atoms with Crippen molar-refractivity contribution in [3.63, 3.8) is 0 Å². The van der Waals surface area contributed by atoms with Gasteiger partial charge in [-0.3, -0.25) is 28.8 Å². The SMILES string of the molecule is CC(C)C[C@@H]1NC(=O)[C@@H](Cc2ccccc2)NC(=O)[C@@H](NC(=O)c2ccc(F)c(F)c2)CCCNC(=O)[C@@H]2C[C@@H](O)CN2C(=O)[C@H](C)NC1=O. The molecule has 13 nitrogen and oxygen atoms in total. The van der Waals surface area contributed by atoms with Crippen molar-refractivity contribution in [3.05, 3.63) is 71.3 Å². The summed E-state index contributed by atoms with van der Waals surface area (Å²) in [6, 6.07) is 5.60. The first-order valence-corrected chi connectivity index (χ1v) is 16.7. The number of nitrogens with one attached hydrogen (secondary N) is 5. The molecule has 15 heteroatoms. The molecule has 270 valence electrons. The van der Waals surface area contributed by atoms with E-state index in [9.17, 15) is 42.7 Å². The maximum absolute atomic E-state index is 13.9. The number of hydrogen-bond acceptors (Lipinski definition) is 7. The molecule has 2 aliphatic rings. The molecule has 2 fully saturated rings. The third-order valence-corrected chi connectivity index (χ3v) is 8.62. The van der Waals surface area contributed by atoms with Crippen LogP contribution in [0.4, 0.5) is 8.78 Å². The largest absolute Gasteiger partial charge is 0.391 e. The number of nitrogens with zero attached hydrogens (tertiary/aromatic N) is 1. The Labute approximate surface area is 288 Å². The van der Waals surface area contributed by atoms with Crippen LogP contribution in [0.5, 0.6) is 0 Å². The van der Waals surface area contributed by atoms with Crippen LogP contribution in [-0.2, 0) is 30.4 Å². The minimum absolute atomic E-state index is 0.00931. The van der Waals surface area contributed by atoms with E-state index in [4.69, 9.17) is 0 Å². The minimum atomic E-state index is -1.29. The van der Waals surface area contributed by atoms with Crippen LogP contribution in [0.1, 0.15) is 62.4 Å². The van der Waals surface area contributed by atoms with Gasteiger partial charge in [-0.2, -0.15) is 0 Å². The predicted molar refractivity (Wildman–Crippen MR) is 177 cm³/mol. The smallest absolute Gasteiger partial charge is 0.252 e. The van der Waals surface area contributed by atoms with Crippen molar-refractivity contribution in [1.82, 2.24) is 31.5 Å². The van der Waals surface area contributed by atoms with E-state index in [2.05, 4.69) is 26.6 Å². The molecule has 2 saturated heterocycles. The number of carbonyl (C=O) groups excluding carboxylic acids is 6. The molecule has 50 heavy (non-hydrogen) atoms. The first kappa shape index (κ1) is 37.9. The van der Waals surface area contributed by atoms with Crippen LogP contribution in [0.3, 0.4) is 0 Å². The highest BCUT2D eigenvalue weighted by atomic mass is 19.2. The molecule has 0 bridgehead atoms. The van der Waals surface area contributed by atoms with E-state index >= 15 is 0 Å². The molecule has 6 N–H and O–H groups in total. The summed E-state index contributed by atoms with van der Waals surface area (Å²) in [4.78, 5) is 82.1. The van der Waals surface area contributed by atoms with Gasteiger partial charge in [0, 0.05) is 31.5 Å². The molecule has 0 spiro atoms. The Balaban J connectivity index is 1.67. The van der Waals surface area contributed by atoms with Crippen LogP contribution in [-0.4, -0.2) is 94.9 Å². The number of carbonyl (C=O) groups is 6. The van der Waals surface area contributed by atoms with Crippen molar-refractivity contribution >= 4 is 35.4 Å². The lowest BCUT2D eigenvalue weighted by molar-refractivity contribution is -0.141. The lowest BCUT2D eigenvalue weighted by Gasteiger charge is -2.29. The topological polar surface area (TPSA) is 186 Å². The van der Waals surface area contributed by atoms with E-state index in [0.717, 1.165) is 12.1 Å². The second-order valence-corrected chi connectivity index (χ2v) is 13.2. The van der Waals surface area contributed by atoms with E-state index in [1.54, 1.807) is 30.3 Å². The number of fused-ring (bicyclic) bond motifs is 1. The van der Waals surface area contributed by atoms with Gasteiger partial charge >= 0.3 is 0 Å². The second-order valence-electron chi connectivity index (χ2n) is 13.2. The molecule has 2 aromatic rings. The van der Waals surface area contributed by atoms with Crippen molar-refractivity contribution in [2.75, 3.05) is 13.1 Å². The van der Waals surface area contributed by atoms with Crippen molar-refractivity contribution in [1.29, 1.82) is 0 Å². The third-order valence-electron chi connectivity index (χ3n) is 8.62. The zero-order valence-corrected chi connectivity index (χ0v) is 28.2. The van der Waals surface area contributed by atoms with Gasteiger partial charge in [0.2, 0.25) is 29.5 Å². The molecule has 0 radical (unpaired) electrons. The van der Waals surface area contributed by atoms with E-state index in [1.807, 2.05) is 13.8 Å². The van der Waals surface area contributed by atoms with Gasteiger partial charge in [0.15, 0.2) is 11.6 Å². The van der Waals surface area contributed by atoms with Gasteiger partial charge in [-0.25, -0.2) is 8.78 Å². The summed E-state index contributed by atoms with van der Waals surface area (Å²) >= 11 is 0. The van der Waals surface area contributed by atoms with Crippen LogP contribution in [0.25, 0.3) is 0 Å². The van der Waals surface area contributed by atoms with Crippen molar-refractivity contribution in [2.45, 2.75) is 89.2 Å². The number of halogens is 2. The summed E-state index contributed by atoms with van der Waals surface area (Å²) in [5.41, 5.74) is 0.441. The van der Waals surface area contributed by atoms with E-state index in [0.29, 0.717) is 11.6 Å². The fourth-order valence-corrected chi connectivity index (χ4v) is 6.02. The van der Waals surface area contributed by atoms with Crippen molar-refractivity contribution in [3.8, 4) is 0 Å². The van der Waals surface area contributed by atoms with Gasteiger partial charge in [-0.05, 0) is 55.9 Å². The average Bonchev–Trinajstić information content (AvgIpc) is 3.47. The van der Waals surface area contributed by atoms with Gasteiger partial charge in [-0.1, -0.05) is 44.2 Å². The van der Waals surface area contributed by atoms with E-state index in [1.165, 1.54) is 11.8 Å². The molecule has 4 rings (SSSR count). The van der Waals surface area contributed by atoms with Gasteiger partial charge in [0.05, 0.1) is 6.10 Å². The summed E-state index contributed by atoms with van der Waals surface area (Å²) in [7, 11) is 0. The maximum atomic E-state index is 13.9. The Morgan fingerprint density at radius 1 is 0.920 bits per heavy atom. The zero-order chi connectivity index (χ0) is 36.5. The fraction of sp³-hybridized carbons (Fsp3) is 0.486. The highest BCUT2D eigenvalue weighted by Gasteiger charge is 2.41. The third kappa shape index (κ3) is 10.1. The normalized spacial score (nSPS) is 25.8. The molecule has 2 aromatic carbocycles. The number of hydrogen-bond donors (Lipinski definition) is 6. The maximum Gasteiger partial charge on any atom is 0.252 e. The second kappa shape index (κ2) is 17.1. The summed E-state index contributed by atoms with van der Waals surface area (Å²) < 4.78 is 27.5. The van der Waals surface area contributed by atoms with Crippen molar-refractivity contribution < 1.29 is 42.7 Å². The van der Waals surface area contributed by atoms with Crippen molar-refractivity contribution in [2.24, 2.45) is 5.92 Å². The Hall–Kier alpha value is -4.92. The highest BCUT2D eigenvalue weighted by molar-refractivity contribution is 5.99. The molecule has 6 atom stereocenters. The monoisotopic (exact) mass is 698 g/mol. The van der Waals surface area contributed by atoms with Crippen LogP contribution in [0.2, 0.25) is 0 Å². The van der Waals surface area contributed by atoms with Gasteiger partial charge in [0.1, 0.15) is 30.2 Å². The lowest BCUT2D eigenvalue weighted by atomic mass is 10.00. The molecular weight excluding hydrogens is 654 g/mol. The quantitative estimate of drug-likeness (QED) is 0.256. The number of aliphatic hydroxyl groups is 1. The van der Waals surface area contributed by atoms with Gasteiger partial charge < -0.3 is 36.6 Å². The Kier molecular flexibility index (Phi) is 13.0. The molecule has 2 heterocycles. The van der Waals surface area contributed by atoms with Gasteiger partial charge in [0.25, 0.3) is 5.91 Å². The number of aliphatic hydroxyl groups excluding tert-OH is 1. The molecular formula is C35H44F2N6O7. The summed E-state index contributed by atoms with van der Waals surface area (Å²) in [6.45, 7) is 5.04. The van der Waals surface area contributed by atoms with Crippen LogP contribution >= 0.6 is 0 Å². The van der Waals surface area contributed by atoms with Crippen LogP contribution in [0, 0.1) is 17.6 Å². The summed E-state index contributed by atoms with van der Waals surface area (Å²) in [6.07, 6.45) is -0.702. The molecule has 6 amide bonds. The Morgan fingerprint density at radius 3 is 2.28 bits per heavy atom. The molecule has 0 aromatic heterocycles. The fourth-order valence-electron chi connectivity index (χ4n) is 6.02. The van der Waals surface area contributed by atoms with Crippen LogP contribution in [0.15, 0.2) is 48.5 Å². The summed E-state index contributed by atoms with van der Waals surface area (Å²) in [5.74, 6) is -6.61. The molecule has 2 aliphatic heterocycles.